The lowest BCUT2D eigenvalue weighted by Crippen LogP contribution is -2.32. The molecule has 1 aromatic carbocycles. The second kappa shape index (κ2) is 6.85. The Labute approximate surface area is 100 Å². The molecule has 0 saturated carbocycles. The third-order valence-corrected chi connectivity index (χ3v) is 2.55. The van der Waals surface area contributed by atoms with Crippen molar-refractivity contribution >= 4 is 5.84 Å². The molecule has 0 bridgehead atoms. The summed E-state index contributed by atoms with van der Waals surface area (Å²) in [5.74, 6) is -0.0247. The predicted octanol–water partition coefficient (Wildman–Crippen LogP) is 1.34. The largest absolute Gasteiger partial charge is 0.409 e. The first-order chi connectivity index (χ1) is 8.13. The zero-order chi connectivity index (χ0) is 12.7. The Hall–Kier alpha value is -1.62. The topological polar surface area (TPSA) is 70.6 Å². The summed E-state index contributed by atoms with van der Waals surface area (Å²) in [7, 11) is 0. The Bertz CT molecular complexity index is 382. The molecule has 0 radical (unpaired) electrons. The average molecular weight is 239 g/mol. The Kier molecular flexibility index (Phi) is 5.42. The van der Waals surface area contributed by atoms with E-state index in [0.29, 0.717) is 6.54 Å². The number of hydrogen-bond acceptors (Lipinski definition) is 3. The monoisotopic (exact) mass is 239 g/mol. The highest BCUT2D eigenvalue weighted by atomic mass is 19.1. The second-order valence-corrected chi connectivity index (χ2v) is 4.01. The van der Waals surface area contributed by atoms with Gasteiger partial charge in [0.25, 0.3) is 0 Å². The number of benzene rings is 1. The molecule has 4 nitrogen and oxygen atoms in total. The highest BCUT2D eigenvalue weighted by Crippen LogP contribution is 2.03. The summed E-state index contributed by atoms with van der Waals surface area (Å²) in [4.78, 5) is 0. The minimum atomic E-state index is -0.215. The quantitative estimate of drug-likeness (QED) is 0.231. The molecule has 0 fully saturated rings. The van der Waals surface area contributed by atoms with Crippen LogP contribution in [0.4, 0.5) is 4.39 Å². The number of nitrogens with zero attached hydrogens (tertiary/aromatic N) is 1. The van der Waals surface area contributed by atoms with Crippen LogP contribution in [-0.4, -0.2) is 24.1 Å². The van der Waals surface area contributed by atoms with Gasteiger partial charge in [-0.15, -0.1) is 0 Å². The van der Waals surface area contributed by atoms with Gasteiger partial charge in [-0.25, -0.2) is 4.39 Å². The van der Waals surface area contributed by atoms with Gasteiger partial charge in [-0.05, 0) is 30.7 Å². The third kappa shape index (κ3) is 4.82. The van der Waals surface area contributed by atoms with Crippen LogP contribution in [0.5, 0.6) is 0 Å². The van der Waals surface area contributed by atoms with Crippen LogP contribution in [0, 0.1) is 11.7 Å². The minimum Gasteiger partial charge on any atom is -0.409 e. The van der Waals surface area contributed by atoms with Crippen molar-refractivity contribution in [3.63, 3.8) is 0 Å². The number of halogens is 1. The first-order valence-electron chi connectivity index (χ1n) is 5.56. The van der Waals surface area contributed by atoms with Gasteiger partial charge in [0.2, 0.25) is 0 Å². The fourth-order valence-electron chi connectivity index (χ4n) is 1.45. The van der Waals surface area contributed by atoms with Gasteiger partial charge < -0.3 is 16.3 Å². The number of rotatable bonds is 6. The molecule has 0 aliphatic heterocycles. The lowest BCUT2D eigenvalue weighted by atomic mass is 10.1. The third-order valence-electron chi connectivity index (χ3n) is 2.55. The van der Waals surface area contributed by atoms with Gasteiger partial charge >= 0.3 is 0 Å². The first kappa shape index (κ1) is 13.4. The van der Waals surface area contributed by atoms with Crippen molar-refractivity contribution in [2.75, 3.05) is 13.1 Å². The van der Waals surface area contributed by atoms with Crippen LogP contribution in [0.25, 0.3) is 0 Å². The molecule has 1 atom stereocenters. The smallest absolute Gasteiger partial charge is 0.143 e. The molecule has 0 aliphatic rings. The maximum atomic E-state index is 12.9. The van der Waals surface area contributed by atoms with Crippen LogP contribution in [0.15, 0.2) is 29.4 Å². The maximum absolute atomic E-state index is 12.9. The SMILES string of the molecule is CC(CNCCc1cccc(F)c1)C(N)=NO. The lowest BCUT2D eigenvalue weighted by Gasteiger charge is -2.10. The van der Waals surface area contributed by atoms with E-state index in [-0.39, 0.29) is 17.6 Å². The summed E-state index contributed by atoms with van der Waals surface area (Å²) in [6.07, 6.45) is 0.751. The Morgan fingerprint density at radius 2 is 2.35 bits per heavy atom. The molecule has 0 aromatic heterocycles. The summed E-state index contributed by atoms with van der Waals surface area (Å²) in [6, 6.07) is 6.54. The number of oxime groups is 1. The molecule has 17 heavy (non-hydrogen) atoms. The normalized spacial score (nSPS) is 13.6. The van der Waals surface area contributed by atoms with E-state index in [2.05, 4.69) is 10.5 Å². The minimum absolute atomic E-state index is 0.0208. The fourth-order valence-corrected chi connectivity index (χ4v) is 1.45. The summed E-state index contributed by atoms with van der Waals surface area (Å²) < 4.78 is 12.9. The predicted molar refractivity (Wildman–Crippen MR) is 65.5 cm³/mol. The number of nitrogens with two attached hydrogens (primary N) is 1. The zero-order valence-electron chi connectivity index (χ0n) is 9.86. The van der Waals surface area contributed by atoms with Crippen LogP contribution < -0.4 is 11.1 Å². The van der Waals surface area contributed by atoms with Crippen LogP contribution >= 0.6 is 0 Å². The van der Waals surface area contributed by atoms with Gasteiger partial charge in [-0.2, -0.15) is 0 Å². The van der Waals surface area contributed by atoms with E-state index >= 15 is 0 Å². The van der Waals surface area contributed by atoms with Crippen LogP contribution in [0.3, 0.4) is 0 Å². The van der Waals surface area contributed by atoms with Gasteiger partial charge in [0, 0.05) is 12.5 Å². The van der Waals surface area contributed by atoms with E-state index in [1.165, 1.54) is 12.1 Å². The van der Waals surface area contributed by atoms with Crippen molar-refractivity contribution in [1.82, 2.24) is 5.32 Å². The summed E-state index contributed by atoms with van der Waals surface area (Å²) in [5.41, 5.74) is 6.39. The standard InChI is InChI=1S/C12H18FN3O/c1-9(12(14)16-17)8-15-6-5-10-3-2-4-11(13)7-10/h2-4,7,9,15,17H,5-6,8H2,1H3,(H2,14,16). The van der Waals surface area contributed by atoms with Gasteiger partial charge in [0.05, 0.1) is 0 Å². The van der Waals surface area contributed by atoms with Crippen molar-refractivity contribution < 1.29 is 9.60 Å². The van der Waals surface area contributed by atoms with E-state index in [1.54, 1.807) is 6.07 Å². The molecule has 0 spiro atoms. The summed E-state index contributed by atoms with van der Waals surface area (Å²) in [6.45, 7) is 3.22. The highest BCUT2D eigenvalue weighted by molar-refractivity contribution is 5.82. The fraction of sp³-hybridized carbons (Fsp3) is 0.417. The Balaban J connectivity index is 2.25. The maximum Gasteiger partial charge on any atom is 0.143 e. The molecule has 1 unspecified atom stereocenters. The molecular weight excluding hydrogens is 221 g/mol. The molecule has 0 aliphatic carbocycles. The molecule has 0 heterocycles. The van der Waals surface area contributed by atoms with Crippen LogP contribution in [-0.2, 0) is 6.42 Å². The highest BCUT2D eigenvalue weighted by Gasteiger charge is 2.06. The number of nitrogens with one attached hydrogen (secondary N) is 1. The van der Waals surface area contributed by atoms with Crippen molar-refractivity contribution in [2.45, 2.75) is 13.3 Å². The van der Waals surface area contributed by atoms with Gasteiger partial charge in [-0.3, -0.25) is 0 Å². The van der Waals surface area contributed by atoms with Crippen LogP contribution in [0.2, 0.25) is 0 Å². The molecular formula is C12H18FN3O. The van der Waals surface area contributed by atoms with Crippen molar-refractivity contribution in [3.05, 3.63) is 35.6 Å². The van der Waals surface area contributed by atoms with E-state index in [0.717, 1.165) is 18.5 Å². The molecule has 94 valence electrons. The number of hydrogen-bond donors (Lipinski definition) is 3. The zero-order valence-corrected chi connectivity index (χ0v) is 9.86. The first-order valence-corrected chi connectivity index (χ1v) is 5.56. The van der Waals surface area contributed by atoms with E-state index in [4.69, 9.17) is 10.9 Å². The summed E-state index contributed by atoms with van der Waals surface area (Å²) in [5, 5.41) is 14.6. The van der Waals surface area contributed by atoms with E-state index < -0.39 is 0 Å². The number of amidine groups is 1. The molecule has 4 N–H and O–H groups in total. The molecule has 0 saturated heterocycles. The van der Waals surface area contributed by atoms with Gasteiger partial charge in [0.15, 0.2) is 0 Å². The van der Waals surface area contributed by atoms with Crippen molar-refractivity contribution in [1.29, 1.82) is 0 Å². The van der Waals surface area contributed by atoms with Crippen LogP contribution in [0.1, 0.15) is 12.5 Å². The molecule has 0 amide bonds. The van der Waals surface area contributed by atoms with Gasteiger partial charge in [0.1, 0.15) is 11.7 Å². The average Bonchev–Trinajstić information content (AvgIpc) is 2.33. The Morgan fingerprint density at radius 1 is 1.59 bits per heavy atom. The second-order valence-electron chi connectivity index (χ2n) is 4.01. The molecule has 5 heteroatoms. The van der Waals surface area contributed by atoms with Crippen molar-refractivity contribution in [2.24, 2.45) is 16.8 Å². The van der Waals surface area contributed by atoms with E-state index in [1.807, 2.05) is 13.0 Å². The van der Waals surface area contributed by atoms with Crippen molar-refractivity contribution in [3.8, 4) is 0 Å². The Morgan fingerprint density at radius 3 is 3.00 bits per heavy atom. The van der Waals surface area contributed by atoms with E-state index in [9.17, 15) is 4.39 Å². The lowest BCUT2D eigenvalue weighted by molar-refractivity contribution is 0.314. The molecule has 1 aromatic rings. The molecule has 1 rings (SSSR count). The summed E-state index contributed by atoms with van der Waals surface area (Å²) >= 11 is 0. The van der Waals surface area contributed by atoms with Gasteiger partial charge in [-0.1, -0.05) is 24.2 Å².